The van der Waals surface area contributed by atoms with Crippen molar-refractivity contribution in [3.63, 3.8) is 0 Å². The molecule has 13 heavy (non-hydrogen) atoms. The maximum Gasteiger partial charge on any atom is 0.0666 e. The minimum absolute atomic E-state index is 0. The summed E-state index contributed by atoms with van der Waals surface area (Å²) >= 11 is 0. The Hall–Kier alpha value is -0.0800. The number of ether oxygens (including phenoxy) is 1. The molecule has 1 rings (SSSR count). The van der Waals surface area contributed by atoms with E-state index in [-0.39, 0.29) is 13.5 Å². The van der Waals surface area contributed by atoms with Crippen LogP contribution >= 0.6 is 0 Å². The summed E-state index contributed by atoms with van der Waals surface area (Å²) in [4.78, 5) is 0. The standard InChI is InChI=1S/C10H20O2.CH4/c1-8(2)6-9-7-10(3,11)4-5-12-9;/h8-9,11H,4-7H2,1-3H3;1H4. The van der Waals surface area contributed by atoms with Crippen molar-refractivity contribution in [2.24, 2.45) is 5.92 Å². The van der Waals surface area contributed by atoms with E-state index in [2.05, 4.69) is 13.8 Å². The monoisotopic (exact) mass is 188 g/mol. The lowest BCUT2D eigenvalue weighted by Crippen LogP contribution is -2.38. The average Bonchev–Trinajstić information content (AvgIpc) is 1.82. The Morgan fingerprint density at radius 1 is 1.54 bits per heavy atom. The van der Waals surface area contributed by atoms with Gasteiger partial charge in [-0.1, -0.05) is 21.3 Å². The van der Waals surface area contributed by atoms with Crippen LogP contribution in [0.1, 0.15) is 47.5 Å². The number of hydrogen-bond acceptors (Lipinski definition) is 2. The van der Waals surface area contributed by atoms with Gasteiger partial charge in [0.15, 0.2) is 0 Å². The quantitative estimate of drug-likeness (QED) is 0.721. The van der Waals surface area contributed by atoms with Gasteiger partial charge in [-0.05, 0) is 25.7 Å². The zero-order valence-electron chi connectivity index (χ0n) is 8.34. The van der Waals surface area contributed by atoms with Crippen LogP contribution in [-0.4, -0.2) is 23.4 Å². The fraction of sp³-hybridized carbons (Fsp3) is 1.00. The summed E-state index contributed by atoms with van der Waals surface area (Å²) < 4.78 is 5.56. The molecule has 1 aliphatic heterocycles. The lowest BCUT2D eigenvalue weighted by molar-refractivity contribution is -0.0985. The summed E-state index contributed by atoms with van der Waals surface area (Å²) in [6.45, 7) is 6.99. The van der Waals surface area contributed by atoms with Crippen LogP contribution in [0, 0.1) is 5.92 Å². The van der Waals surface area contributed by atoms with Crippen LogP contribution in [-0.2, 0) is 4.74 Å². The summed E-state index contributed by atoms with van der Waals surface area (Å²) in [5.41, 5.74) is -0.488. The molecule has 1 fully saturated rings. The molecule has 0 amide bonds. The first-order valence-corrected chi connectivity index (χ1v) is 4.83. The molecule has 0 saturated carbocycles. The molecule has 1 N–H and O–H groups in total. The third-order valence-electron chi connectivity index (χ3n) is 2.40. The van der Waals surface area contributed by atoms with Gasteiger partial charge in [-0.25, -0.2) is 0 Å². The van der Waals surface area contributed by atoms with E-state index >= 15 is 0 Å². The van der Waals surface area contributed by atoms with Gasteiger partial charge in [-0.2, -0.15) is 0 Å². The van der Waals surface area contributed by atoms with Crippen molar-refractivity contribution in [2.45, 2.75) is 59.2 Å². The van der Waals surface area contributed by atoms with E-state index < -0.39 is 5.60 Å². The summed E-state index contributed by atoms with van der Waals surface area (Å²) in [7, 11) is 0. The van der Waals surface area contributed by atoms with Crippen LogP contribution in [0.3, 0.4) is 0 Å². The Morgan fingerprint density at radius 3 is 2.62 bits per heavy atom. The molecule has 0 radical (unpaired) electrons. The minimum atomic E-state index is -0.488. The fourth-order valence-corrected chi connectivity index (χ4v) is 1.77. The molecule has 0 aromatic rings. The highest BCUT2D eigenvalue weighted by molar-refractivity contribution is 4.81. The summed E-state index contributed by atoms with van der Waals surface area (Å²) in [6.07, 6.45) is 2.91. The van der Waals surface area contributed by atoms with Gasteiger partial charge in [0.1, 0.15) is 0 Å². The first-order chi connectivity index (χ1) is 5.49. The summed E-state index contributed by atoms with van der Waals surface area (Å²) in [6, 6.07) is 0. The molecular formula is C11H24O2. The highest BCUT2D eigenvalue weighted by atomic mass is 16.5. The van der Waals surface area contributed by atoms with Crippen LogP contribution in [0.25, 0.3) is 0 Å². The fourth-order valence-electron chi connectivity index (χ4n) is 1.77. The molecule has 0 aliphatic carbocycles. The van der Waals surface area contributed by atoms with Crippen LogP contribution in [0.15, 0.2) is 0 Å². The van der Waals surface area contributed by atoms with Crippen molar-refractivity contribution in [1.82, 2.24) is 0 Å². The smallest absolute Gasteiger partial charge is 0.0666 e. The zero-order valence-corrected chi connectivity index (χ0v) is 8.34. The highest BCUT2D eigenvalue weighted by Gasteiger charge is 2.30. The lowest BCUT2D eigenvalue weighted by Gasteiger charge is -2.34. The third-order valence-corrected chi connectivity index (χ3v) is 2.40. The topological polar surface area (TPSA) is 29.5 Å². The van der Waals surface area contributed by atoms with Crippen LogP contribution in [0.2, 0.25) is 0 Å². The van der Waals surface area contributed by atoms with E-state index in [1.165, 1.54) is 0 Å². The van der Waals surface area contributed by atoms with Crippen LogP contribution < -0.4 is 0 Å². The highest BCUT2D eigenvalue weighted by Crippen LogP contribution is 2.27. The second-order valence-electron chi connectivity index (χ2n) is 4.57. The van der Waals surface area contributed by atoms with Crippen molar-refractivity contribution >= 4 is 0 Å². The molecule has 0 aromatic heterocycles. The predicted molar refractivity (Wildman–Crippen MR) is 55.8 cm³/mol. The zero-order chi connectivity index (χ0) is 9.19. The molecule has 1 aliphatic rings. The Balaban J connectivity index is 0.00000144. The largest absolute Gasteiger partial charge is 0.390 e. The molecule has 2 atom stereocenters. The molecule has 0 bridgehead atoms. The summed E-state index contributed by atoms with van der Waals surface area (Å²) in [5, 5.41) is 9.78. The number of rotatable bonds is 2. The Labute approximate surface area is 82.3 Å². The van der Waals surface area contributed by atoms with Gasteiger partial charge in [0.05, 0.1) is 11.7 Å². The second kappa shape index (κ2) is 4.97. The van der Waals surface area contributed by atoms with Gasteiger partial charge in [0.2, 0.25) is 0 Å². The van der Waals surface area contributed by atoms with E-state index in [1.54, 1.807) is 0 Å². The third kappa shape index (κ3) is 4.63. The first-order valence-electron chi connectivity index (χ1n) is 4.83. The molecule has 2 nitrogen and oxygen atoms in total. The predicted octanol–water partition coefficient (Wildman–Crippen LogP) is 2.60. The van der Waals surface area contributed by atoms with Crippen molar-refractivity contribution in [3.8, 4) is 0 Å². The number of hydrogen-bond donors (Lipinski definition) is 1. The number of aliphatic hydroxyl groups is 1. The maximum absolute atomic E-state index is 9.78. The first kappa shape index (κ1) is 12.9. The van der Waals surface area contributed by atoms with E-state index in [9.17, 15) is 5.11 Å². The normalized spacial score (nSPS) is 34.4. The Morgan fingerprint density at radius 2 is 2.15 bits per heavy atom. The second-order valence-corrected chi connectivity index (χ2v) is 4.57. The lowest BCUT2D eigenvalue weighted by atomic mass is 9.89. The molecule has 1 heterocycles. The van der Waals surface area contributed by atoms with Crippen molar-refractivity contribution in [1.29, 1.82) is 0 Å². The van der Waals surface area contributed by atoms with Gasteiger partial charge in [0.25, 0.3) is 0 Å². The Kier molecular flexibility index (Phi) is 4.93. The van der Waals surface area contributed by atoms with E-state index in [0.717, 1.165) is 19.3 Å². The molecule has 2 heteroatoms. The van der Waals surface area contributed by atoms with Crippen molar-refractivity contribution in [2.75, 3.05) is 6.61 Å². The van der Waals surface area contributed by atoms with Gasteiger partial charge in [-0.15, -0.1) is 0 Å². The molecule has 2 unspecified atom stereocenters. The SMILES string of the molecule is C.CC(C)CC1CC(C)(O)CCO1. The van der Waals surface area contributed by atoms with Crippen LogP contribution in [0.4, 0.5) is 0 Å². The minimum Gasteiger partial charge on any atom is -0.390 e. The van der Waals surface area contributed by atoms with E-state index in [4.69, 9.17) is 4.74 Å². The molecule has 1 saturated heterocycles. The van der Waals surface area contributed by atoms with Crippen molar-refractivity contribution < 1.29 is 9.84 Å². The van der Waals surface area contributed by atoms with Gasteiger partial charge in [0, 0.05) is 13.0 Å². The molecule has 80 valence electrons. The van der Waals surface area contributed by atoms with Gasteiger partial charge < -0.3 is 9.84 Å². The summed E-state index contributed by atoms with van der Waals surface area (Å²) in [5.74, 6) is 0.656. The van der Waals surface area contributed by atoms with Gasteiger partial charge in [-0.3, -0.25) is 0 Å². The Bertz CT molecular complexity index is 141. The average molecular weight is 188 g/mol. The maximum atomic E-state index is 9.78. The van der Waals surface area contributed by atoms with Crippen LogP contribution in [0.5, 0.6) is 0 Å². The van der Waals surface area contributed by atoms with E-state index in [1.807, 2.05) is 6.92 Å². The molecule has 0 aromatic carbocycles. The molecule has 0 spiro atoms. The van der Waals surface area contributed by atoms with E-state index in [0.29, 0.717) is 12.5 Å². The van der Waals surface area contributed by atoms with Crippen molar-refractivity contribution in [3.05, 3.63) is 0 Å². The van der Waals surface area contributed by atoms with Gasteiger partial charge >= 0.3 is 0 Å². The molecular weight excluding hydrogens is 164 g/mol.